The number of carboxylic acid groups (broad SMARTS) is 1. The van der Waals surface area contributed by atoms with Gasteiger partial charge in [-0.2, -0.15) is 0 Å². The third-order valence-corrected chi connectivity index (χ3v) is 6.57. The number of amides is 2. The maximum absolute atomic E-state index is 13.0. The predicted octanol–water partition coefficient (Wildman–Crippen LogP) is 1.74. The molecule has 6 rings (SSSR count). The van der Waals surface area contributed by atoms with Crippen molar-refractivity contribution >= 4 is 17.8 Å². The molecule has 2 amide bonds. The Balaban J connectivity index is 1.48. The third kappa shape index (κ3) is 1.98. The fourth-order valence-electron chi connectivity index (χ4n) is 5.41. The molecule has 2 saturated carbocycles. The fraction of sp³-hybridized carbons (Fsp3) is 0.450. The summed E-state index contributed by atoms with van der Waals surface area (Å²) in [6.07, 6.45) is 5.45. The smallest absolute Gasteiger partial charge is 0.327 e. The maximum atomic E-state index is 13.0. The molecule has 5 aliphatic rings. The monoisotopic (exact) mass is 337 g/mol. The van der Waals surface area contributed by atoms with Crippen LogP contribution in [0.5, 0.6) is 0 Å². The Morgan fingerprint density at radius 3 is 2.12 bits per heavy atom. The number of hydrogen-bond acceptors (Lipinski definition) is 3. The molecule has 1 saturated heterocycles. The minimum atomic E-state index is -1.12. The number of imide groups is 1. The fourth-order valence-corrected chi connectivity index (χ4v) is 5.41. The summed E-state index contributed by atoms with van der Waals surface area (Å²) in [6, 6.07) is 8.06. The lowest BCUT2D eigenvalue weighted by atomic mass is 9.63. The number of allylic oxidation sites excluding steroid dienone is 2. The van der Waals surface area contributed by atoms with Gasteiger partial charge >= 0.3 is 5.97 Å². The number of likely N-dealkylation sites (tertiary alicyclic amines) is 1. The molecule has 1 aliphatic heterocycles. The summed E-state index contributed by atoms with van der Waals surface area (Å²) in [4.78, 5) is 39.0. The van der Waals surface area contributed by atoms with E-state index in [0.29, 0.717) is 11.8 Å². The van der Waals surface area contributed by atoms with E-state index in [4.69, 9.17) is 0 Å². The van der Waals surface area contributed by atoms with Crippen molar-refractivity contribution in [3.63, 3.8) is 0 Å². The molecule has 0 aromatic heterocycles. The Hall–Kier alpha value is -2.43. The number of carboxylic acids is 1. The van der Waals surface area contributed by atoms with E-state index in [2.05, 4.69) is 12.2 Å². The van der Waals surface area contributed by atoms with Crippen LogP contribution in [0, 0.1) is 35.5 Å². The number of benzene rings is 1. The summed E-state index contributed by atoms with van der Waals surface area (Å²) in [6.45, 7) is 0. The second-order valence-electron chi connectivity index (χ2n) is 7.74. The largest absolute Gasteiger partial charge is 0.480 e. The van der Waals surface area contributed by atoms with Gasteiger partial charge in [-0.15, -0.1) is 0 Å². The van der Waals surface area contributed by atoms with Gasteiger partial charge in [-0.1, -0.05) is 42.5 Å². The SMILES string of the molecule is O=C(O)[C@H](Cc1ccccc1)N1C(=O)[C@@H]2[C@H]3C=C[C@@H]([C@@H]4C[C@@H]34)[C@@H]2C1=O. The molecule has 7 atom stereocenters. The van der Waals surface area contributed by atoms with Crippen LogP contribution in [0.15, 0.2) is 42.5 Å². The molecule has 5 heteroatoms. The van der Waals surface area contributed by atoms with E-state index < -0.39 is 12.0 Å². The average Bonchev–Trinajstić information content (AvgIpc) is 3.39. The minimum Gasteiger partial charge on any atom is -0.480 e. The second kappa shape index (κ2) is 5.04. The maximum Gasteiger partial charge on any atom is 0.327 e. The van der Waals surface area contributed by atoms with Crippen LogP contribution in [0.3, 0.4) is 0 Å². The summed E-state index contributed by atoms with van der Waals surface area (Å²) >= 11 is 0. The number of nitrogens with zero attached hydrogens (tertiary/aromatic N) is 1. The Kier molecular flexibility index (Phi) is 3.00. The van der Waals surface area contributed by atoms with Crippen LogP contribution in [0.25, 0.3) is 0 Å². The van der Waals surface area contributed by atoms with E-state index in [9.17, 15) is 19.5 Å². The van der Waals surface area contributed by atoms with Gasteiger partial charge in [0.25, 0.3) is 0 Å². The van der Waals surface area contributed by atoms with Crippen LogP contribution >= 0.6 is 0 Å². The van der Waals surface area contributed by atoms with Crippen molar-refractivity contribution < 1.29 is 19.5 Å². The summed E-state index contributed by atoms with van der Waals surface area (Å²) in [5.41, 5.74) is 0.814. The molecule has 0 spiro atoms. The van der Waals surface area contributed by atoms with Crippen molar-refractivity contribution in [3.05, 3.63) is 48.0 Å². The highest BCUT2D eigenvalue weighted by atomic mass is 16.4. The van der Waals surface area contributed by atoms with Gasteiger partial charge in [0.1, 0.15) is 6.04 Å². The highest BCUT2D eigenvalue weighted by Crippen LogP contribution is 2.65. The summed E-state index contributed by atoms with van der Waals surface area (Å²) in [5.74, 6) is -1.08. The van der Waals surface area contributed by atoms with Crippen LogP contribution in [-0.2, 0) is 20.8 Å². The third-order valence-electron chi connectivity index (χ3n) is 6.57. The molecule has 1 aromatic carbocycles. The van der Waals surface area contributed by atoms with Gasteiger partial charge in [0, 0.05) is 6.42 Å². The van der Waals surface area contributed by atoms with Crippen LogP contribution in [0.1, 0.15) is 12.0 Å². The average molecular weight is 337 g/mol. The molecule has 1 aromatic rings. The van der Waals surface area contributed by atoms with E-state index in [1.165, 1.54) is 0 Å². The first-order valence-electron chi connectivity index (χ1n) is 8.90. The summed E-state index contributed by atoms with van der Waals surface area (Å²) in [5, 5.41) is 9.71. The minimum absolute atomic E-state index is 0.118. The lowest BCUT2D eigenvalue weighted by molar-refractivity contribution is -0.155. The molecule has 25 heavy (non-hydrogen) atoms. The van der Waals surface area contributed by atoms with Gasteiger partial charge in [-0.3, -0.25) is 14.5 Å². The molecule has 3 fully saturated rings. The first-order valence-corrected chi connectivity index (χ1v) is 8.90. The number of aliphatic carboxylic acids is 1. The van der Waals surface area contributed by atoms with E-state index in [-0.39, 0.29) is 41.9 Å². The summed E-state index contributed by atoms with van der Waals surface area (Å²) < 4.78 is 0. The number of rotatable bonds is 4. The number of carbonyl (C=O) groups excluding carboxylic acids is 2. The molecule has 1 N–H and O–H groups in total. The van der Waals surface area contributed by atoms with Crippen molar-refractivity contribution in [2.75, 3.05) is 0 Å². The van der Waals surface area contributed by atoms with Gasteiger partial charge in [0.2, 0.25) is 11.8 Å². The lowest BCUT2D eigenvalue weighted by Crippen LogP contribution is -2.47. The predicted molar refractivity (Wildman–Crippen MR) is 88.1 cm³/mol. The van der Waals surface area contributed by atoms with Crippen molar-refractivity contribution in [2.45, 2.75) is 18.9 Å². The van der Waals surface area contributed by atoms with E-state index in [1.54, 1.807) is 0 Å². The molecule has 1 heterocycles. The van der Waals surface area contributed by atoms with Gasteiger partial charge in [0.15, 0.2) is 0 Å². The summed E-state index contributed by atoms with van der Waals surface area (Å²) in [7, 11) is 0. The first-order chi connectivity index (χ1) is 12.1. The second-order valence-corrected chi connectivity index (χ2v) is 7.74. The number of carbonyl (C=O) groups is 3. The Labute approximate surface area is 145 Å². The highest BCUT2D eigenvalue weighted by Gasteiger charge is 2.67. The molecule has 0 radical (unpaired) electrons. The van der Waals surface area contributed by atoms with Crippen LogP contribution < -0.4 is 0 Å². The molecule has 5 nitrogen and oxygen atoms in total. The molecular formula is C20H19NO4. The van der Waals surface area contributed by atoms with Gasteiger partial charge < -0.3 is 5.11 Å². The Morgan fingerprint density at radius 2 is 1.60 bits per heavy atom. The van der Waals surface area contributed by atoms with Gasteiger partial charge in [-0.25, -0.2) is 4.79 Å². The van der Waals surface area contributed by atoms with Crippen molar-refractivity contribution in [2.24, 2.45) is 35.5 Å². The van der Waals surface area contributed by atoms with Gasteiger partial charge in [-0.05, 0) is 35.7 Å². The van der Waals surface area contributed by atoms with Crippen molar-refractivity contribution in [1.82, 2.24) is 4.90 Å². The normalized spacial score (nSPS) is 38.5. The molecular weight excluding hydrogens is 318 g/mol. The van der Waals surface area contributed by atoms with E-state index in [1.807, 2.05) is 30.3 Å². The van der Waals surface area contributed by atoms with Gasteiger partial charge in [0.05, 0.1) is 11.8 Å². The number of hydrogen-bond donors (Lipinski definition) is 1. The van der Waals surface area contributed by atoms with Crippen LogP contribution in [0.4, 0.5) is 0 Å². The molecule has 0 unspecified atom stereocenters. The lowest BCUT2D eigenvalue weighted by Gasteiger charge is -2.37. The topological polar surface area (TPSA) is 74.7 Å². The Morgan fingerprint density at radius 1 is 1.04 bits per heavy atom. The van der Waals surface area contributed by atoms with Crippen LogP contribution in [0.2, 0.25) is 0 Å². The first kappa shape index (κ1) is 14.9. The zero-order chi connectivity index (χ0) is 17.3. The van der Waals surface area contributed by atoms with E-state index in [0.717, 1.165) is 16.9 Å². The zero-order valence-electron chi connectivity index (χ0n) is 13.6. The van der Waals surface area contributed by atoms with Crippen LogP contribution in [-0.4, -0.2) is 33.8 Å². The standard InChI is InChI=1S/C20H19NO4/c22-18-16-11-6-7-12(14-9-13(11)14)17(16)19(23)21(18)15(20(24)25)8-10-4-2-1-3-5-10/h1-7,11-17H,8-9H2,(H,24,25)/t11-,12-,13-,14-,15-,16-,17+/m0/s1. The quantitative estimate of drug-likeness (QED) is 0.671. The van der Waals surface area contributed by atoms with E-state index >= 15 is 0 Å². The molecule has 2 bridgehead atoms. The zero-order valence-corrected chi connectivity index (χ0v) is 13.6. The van der Waals surface area contributed by atoms with Crippen molar-refractivity contribution in [3.8, 4) is 0 Å². The Bertz CT molecular complexity index is 765. The van der Waals surface area contributed by atoms with Crippen molar-refractivity contribution in [1.29, 1.82) is 0 Å². The molecule has 128 valence electrons. The highest BCUT2D eigenvalue weighted by molar-refractivity contribution is 6.08. The molecule has 4 aliphatic carbocycles.